The van der Waals surface area contributed by atoms with Gasteiger partial charge < -0.3 is 4.74 Å². The number of fused-ring (bicyclic) bond motifs is 4. The maximum Gasteiger partial charge on any atom is 0.330 e. The smallest absolute Gasteiger partial charge is 0.330 e. The van der Waals surface area contributed by atoms with Gasteiger partial charge in [0.1, 0.15) is 12.3 Å². The molecule has 3 aromatic carbocycles. The third kappa shape index (κ3) is 2.83. The Hall–Kier alpha value is -3.38. The number of carbonyl (C=O) groups excluding carboxylic acids is 1. The van der Waals surface area contributed by atoms with Gasteiger partial charge in [-0.25, -0.2) is 9.78 Å². The fraction of sp³-hybridized carbons (Fsp3) is 0.125. The van der Waals surface area contributed by atoms with Crippen molar-refractivity contribution in [1.29, 1.82) is 0 Å². The topological polar surface area (TPSA) is 60.7 Å². The van der Waals surface area contributed by atoms with E-state index in [1.165, 1.54) is 0 Å². The number of pyridine rings is 1. The fourth-order valence-electron chi connectivity index (χ4n) is 3.92. The summed E-state index contributed by atoms with van der Waals surface area (Å²) < 4.78 is 6.78. The lowest BCUT2D eigenvalue weighted by Gasteiger charge is -2.11. The van der Waals surface area contributed by atoms with Crippen molar-refractivity contribution in [3.8, 4) is 0 Å². The van der Waals surface area contributed by atoms with Crippen molar-refractivity contribution in [2.45, 2.75) is 11.8 Å². The summed E-state index contributed by atoms with van der Waals surface area (Å²) in [4.78, 5) is 30.4. The van der Waals surface area contributed by atoms with Gasteiger partial charge in [0, 0.05) is 32.9 Å². The first kappa shape index (κ1) is 18.6. The van der Waals surface area contributed by atoms with Crippen molar-refractivity contribution in [2.75, 3.05) is 12.4 Å². The second-order valence-electron chi connectivity index (χ2n) is 7.13. The Morgan fingerprint density at radius 1 is 1.17 bits per heavy atom. The lowest BCUT2D eigenvalue weighted by Crippen LogP contribution is -2.13. The largest absolute Gasteiger partial charge is 0.462 e. The van der Waals surface area contributed by atoms with Crippen molar-refractivity contribution in [1.82, 2.24) is 9.38 Å². The van der Waals surface area contributed by atoms with Gasteiger partial charge in [-0.1, -0.05) is 24.8 Å². The third-order valence-electron chi connectivity index (χ3n) is 5.24. The highest BCUT2D eigenvalue weighted by Crippen LogP contribution is 2.35. The first-order valence-corrected chi connectivity index (χ1v) is 10.6. The predicted octanol–water partition coefficient (Wildman–Crippen LogP) is 4.72. The van der Waals surface area contributed by atoms with E-state index in [2.05, 4.69) is 6.58 Å². The second-order valence-corrected chi connectivity index (χ2v) is 8.26. The molecule has 0 aliphatic rings. The van der Waals surface area contributed by atoms with Gasteiger partial charge in [-0.3, -0.25) is 9.20 Å². The van der Waals surface area contributed by atoms with Crippen LogP contribution in [0.25, 0.3) is 38.2 Å². The van der Waals surface area contributed by atoms with E-state index in [9.17, 15) is 9.59 Å². The Labute approximate surface area is 176 Å². The average molecular weight is 414 g/mol. The van der Waals surface area contributed by atoms with E-state index in [0.29, 0.717) is 23.4 Å². The number of benzene rings is 3. The molecule has 2 aromatic heterocycles. The Morgan fingerprint density at radius 2 is 2.00 bits per heavy atom. The summed E-state index contributed by atoms with van der Waals surface area (Å²) in [6.07, 6.45) is 1.16. The summed E-state index contributed by atoms with van der Waals surface area (Å²) >= 11 is 1.59. The standard InChI is InChI=1S/C24H18N2O3S/c1-3-21(27)29-11-12-30-20-10-8-16-22-15(20)5-4-6-17(22)24(28)26-19-9-7-14(2)13-18(19)25-23(16)26/h3-10,13H,1,11-12H2,2H3. The van der Waals surface area contributed by atoms with Gasteiger partial charge in [-0.05, 0) is 48.2 Å². The summed E-state index contributed by atoms with van der Waals surface area (Å²) in [5.41, 5.74) is 3.38. The number of nitrogens with zero attached hydrogens (tertiary/aromatic N) is 2. The average Bonchev–Trinajstić information content (AvgIpc) is 3.13. The molecule has 30 heavy (non-hydrogen) atoms. The molecule has 0 saturated heterocycles. The van der Waals surface area contributed by atoms with Gasteiger partial charge in [0.05, 0.1) is 11.0 Å². The minimum Gasteiger partial charge on any atom is -0.462 e. The molecule has 5 aromatic rings. The third-order valence-corrected chi connectivity index (χ3v) is 6.27. The normalized spacial score (nSPS) is 11.6. The molecular weight excluding hydrogens is 396 g/mol. The van der Waals surface area contributed by atoms with E-state index >= 15 is 0 Å². The number of esters is 1. The van der Waals surface area contributed by atoms with Crippen LogP contribution in [0.1, 0.15) is 5.56 Å². The van der Waals surface area contributed by atoms with Crippen LogP contribution in [-0.2, 0) is 9.53 Å². The first-order chi connectivity index (χ1) is 14.6. The summed E-state index contributed by atoms with van der Waals surface area (Å²) in [6, 6.07) is 15.8. The maximum atomic E-state index is 13.4. The van der Waals surface area contributed by atoms with E-state index in [1.807, 2.05) is 55.5 Å². The molecular formula is C24H18N2O3S. The zero-order valence-electron chi connectivity index (χ0n) is 16.3. The van der Waals surface area contributed by atoms with Crippen LogP contribution in [0.4, 0.5) is 0 Å². The molecule has 5 nitrogen and oxygen atoms in total. The zero-order valence-corrected chi connectivity index (χ0v) is 17.2. The molecule has 0 aliphatic heterocycles. The molecule has 0 unspecified atom stereocenters. The van der Waals surface area contributed by atoms with Crippen molar-refractivity contribution < 1.29 is 9.53 Å². The van der Waals surface area contributed by atoms with E-state index < -0.39 is 5.97 Å². The van der Waals surface area contributed by atoms with Crippen molar-refractivity contribution in [3.05, 3.63) is 77.1 Å². The summed E-state index contributed by atoms with van der Waals surface area (Å²) in [5, 5.41) is 3.56. The maximum absolute atomic E-state index is 13.4. The Bertz CT molecular complexity index is 1520. The molecule has 0 N–H and O–H groups in total. The lowest BCUT2D eigenvalue weighted by atomic mass is 10.0. The van der Waals surface area contributed by atoms with Gasteiger partial charge in [-0.2, -0.15) is 0 Å². The Kier molecular flexibility index (Phi) is 4.44. The molecule has 0 spiro atoms. The highest BCUT2D eigenvalue weighted by atomic mass is 32.2. The number of aromatic nitrogens is 2. The summed E-state index contributed by atoms with van der Waals surface area (Å²) in [7, 11) is 0. The summed E-state index contributed by atoms with van der Waals surface area (Å²) in [6.45, 7) is 5.72. The van der Waals surface area contributed by atoms with Crippen LogP contribution in [0.15, 0.2) is 70.9 Å². The molecule has 148 valence electrons. The van der Waals surface area contributed by atoms with E-state index in [0.717, 1.165) is 43.7 Å². The number of imidazole rings is 1. The highest BCUT2D eigenvalue weighted by molar-refractivity contribution is 7.99. The highest BCUT2D eigenvalue weighted by Gasteiger charge is 2.17. The van der Waals surface area contributed by atoms with E-state index in [1.54, 1.807) is 16.2 Å². The molecule has 5 rings (SSSR count). The molecule has 6 heteroatoms. The number of hydrogen-bond donors (Lipinski definition) is 0. The van der Waals surface area contributed by atoms with Crippen molar-refractivity contribution >= 4 is 56.0 Å². The lowest BCUT2D eigenvalue weighted by molar-refractivity contribution is -0.137. The SMILES string of the molecule is C=CC(=O)OCCSc1ccc2c3c1cccc3c(=O)n1c3ccc(C)cc3nc21. The van der Waals surface area contributed by atoms with Gasteiger partial charge in [0.25, 0.3) is 5.56 Å². The molecule has 0 fully saturated rings. The molecule has 0 saturated carbocycles. The van der Waals surface area contributed by atoms with Crippen LogP contribution >= 0.6 is 11.8 Å². The van der Waals surface area contributed by atoms with Gasteiger partial charge in [0.2, 0.25) is 0 Å². The number of hydrogen-bond acceptors (Lipinski definition) is 5. The van der Waals surface area contributed by atoms with E-state index in [4.69, 9.17) is 9.72 Å². The molecule has 0 bridgehead atoms. The number of thioether (sulfide) groups is 1. The number of rotatable bonds is 5. The van der Waals surface area contributed by atoms with Crippen molar-refractivity contribution in [2.24, 2.45) is 0 Å². The Balaban J connectivity index is 1.70. The van der Waals surface area contributed by atoms with Crippen LogP contribution in [0.2, 0.25) is 0 Å². The molecule has 0 amide bonds. The number of ether oxygens (including phenoxy) is 1. The van der Waals surface area contributed by atoms with Crippen LogP contribution in [0, 0.1) is 6.92 Å². The molecule has 0 aliphatic carbocycles. The van der Waals surface area contributed by atoms with Gasteiger partial charge in [0.15, 0.2) is 0 Å². The minimum atomic E-state index is -0.424. The van der Waals surface area contributed by atoms with Gasteiger partial charge >= 0.3 is 5.97 Å². The molecule has 0 radical (unpaired) electrons. The van der Waals surface area contributed by atoms with E-state index in [-0.39, 0.29) is 5.56 Å². The predicted molar refractivity (Wildman–Crippen MR) is 122 cm³/mol. The second kappa shape index (κ2) is 7.15. The monoisotopic (exact) mass is 414 g/mol. The van der Waals surface area contributed by atoms with Crippen LogP contribution in [0.5, 0.6) is 0 Å². The minimum absolute atomic E-state index is 0.0588. The van der Waals surface area contributed by atoms with Gasteiger partial charge in [-0.15, -0.1) is 11.8 Å². The summed E-state index contributed by atoms with van der Waals surface area (Å²) in [5.74, 6) is 0.191. The number of aryl methyl sites for hydroxylation is 1. The fourth-order valence-corrected chi connectivity index (χ4v) is 4.80. The first-order valence-electron chi connectivity index (χ1n) is 9.60. The molecule has 0 atom stereocenters. The number of carbonyl (C=O) groups is 1. The Morgan fingerprint density at radius 3 is 2.83 bits per heavy atom. The van der Waals surface area contributed by atoms with Crippen LogP contribution in [-0.4, -0.2) is 27.7 Å². The van der Waals surface area contributed by atoms with Crippen LogP contribution < -0.4 is 5.56 Å². The quantitative estimate of drug-likeness (QED) is 0.180. The van der Waals surface area contributed by atoms with Crippen molar-refractivity contribution in [3.63, 3.8) is 0 Å². The molecule has 2 heterocycles. The zero-order chi connectivity index (χ0) is 20.8. The van der Waals surface area contributed by atoms with Crippen LogP contribution in [0.3, 0.4) is 0 Å².